The molecule has 78 valence electrons. The fraction of sp³-hybridized carbons (Fsp3) is 0.308. The molecule has 0 amide bonds. The third-order valence-corrected chi connectivity index (χ3v) is 2.51. The number of carbonyl (C=O) groups is 2. The van der Waals surface area contributed by atoms with Gasteiger partial charge in [-0.05, 0) is 40.2 Å². The van der Waals surface area contributed by atoms with Gasteiger partial charge in [-0.25, -0.2) is 0 Å². The van der Waals surface area contributed by atoms with Crippen LogP contribution in [-0.2, 0) is 9.59 Å². The Kier molecular flexibility index (Phi) is 3.40. The van der Waals surface area contributed by atoms with Gasteiger partial charge >= 0.3 is 0 Å². The van der Waals surface area contributed by atoms with Crippen LogP contribution >= 0.6 is 0 Å². The Bertz CT molecular complexity index is 402. The van der Waals surface area contributed by atoms with E-state index in [1.807, 2.05) is 0 Å². The lowest BCUT2D eigenvalue weighted by atomic mass is 9.89. The largest absolute Gasteiger partial charge is 0.290 e. The van der Waals surface area contributed by atoms with Gasteiger partial charge in [-0.2, -0.15) is 0 Å². The molecular formula is C13H14O2. The van der Waals surface area contributed by atoms with E-state index in [1.165, 1.54) is 6.08 Å². The lowest BCUT2D eigenvalue weighted by Gasteiger charge is -2.12. The number of hydrogen-bond donors (Lipinski definition) is 0. The summed E-state index contributed by atoms with van der Waals surface area (Å²) in [6.45, 7) is 10.6. The van der Waals surface area contributed by atoms with Gasteiger partial charge in [-0.3, -0.25) is 9.59 Å². The van der Waals surface area contributed by atoms with Gasteiger partial charge in [0.2, 0.25) is 0 Å². The van der Waals surface area contributed by atoms with E-state index < -0.39 is 0 Å². The molecule has 0 aromatic heterocycles. The number of allylic oxidation sites excluding steroid dienone is 6. The van der Waals surface area contributed by atoms with Crippen LogP contribution in [0.5, 0.6) is 0 Å². The van der Waals surface area contributed by atoms with Gasteiger partial charge in [0, 0.05) is 16.7 Å². The standard InChI is InChI=1S/C13H14O2/c1-8(2)5-6-11-7-12(14)9(3)10(4)13(11)15/h1,5,7H,6H2,2-4H3/b8-5-. The van der Waals surface area contributed by atoms with Crippen molar-refractivity contribution in [3.05, 3.63) is 41.4 Å². The molecule has 0 fully saturated rings. The molecule has 0 spiro atoms. The quantitative estimate of drug-likeness (QED) is 0.644. The van der Waals surface area contributed by atoms with E-state index in [1.54, 1.807) is 26.8 Å². The Balaban J connectivity index is 2.95. The van der Waals surface area contributed by atoms with E-state index >= 15 is 0 Å². The van der Waals surface area contributed by atoms with Crippen LogP contribution in [0.3, 0.4) is 0 Å². The van der Waals surface area contributed by atoms with Crippen molar-refractivity contribution in [1.82, 2.24) is 0 Å². The fourth-order valence-electron chi connectivity index (χ4n) is 1.35. The van der Waals surface area contributed by atoms with Gasteiger partial charge in [-0.1, -0.05) is 11.6 Å². The van der Waals surface area contributed by atoms with Gasteiger partial charge < -0.3 is 0 Å². The van der Waals surface area contributed by atoms with Crippen LogP contribution in [-0.4, -0.2) is 11.6 Å². The van der Waals surface area contributed by atoms with Crippen molar-refractivity contribution in [1.29, 1.82) is 0 Å². The van der Waals surface area contributed by atoms with Crippen LogP contribution in [0.25, 0.3) is 0 Å². The Morgan fingerprint density at radius 1 is 1.33 bits per heavy atom. The zero-order valence-corrected chi connectivity index (χ0v) is 9.26. The topological polar surface area (TPSA) is 34.1 Å². The lowest BCUT2D eigenvalue weighted by molar-refractivity contribution is -0.115. The van der Waals surface area contributed by atoms with Crippen molar-refractivity contribution in [3.8, 4) is 0 Å². The van der Waals surface area contributed by atoms with Crippen LogP contribution in [0.4, 0.5) is 0 Å². The molecule has 0 aromatic rings. The first-order chi connectivity index (χ1) is 6.93. The second-order valence-electron chi connectivity index (χ2n) is 3.77. The van der Waals surface area contributed by atoms with E-state index in [0.717, 1.165) is 0 Å². The summed E-state index contributed by atoms with van der Waals surface area (Å²) < 4.78 is 0. The maximum Gasteiger partial charge on any atom is 0.185 e. The third kappa shape index (κ3) is 2.52. The molecule has 0 N–H and O–H groups in total. The van der Waals surface area contributed by atoms with Crippen molar-refractivity contribution in [2.75, 3.05) is 0 Å². The van der Waals surface area contributed by atoms with Crippen molar-refractivity contribution in [2.45, 2.75) is 27.2 Å². The SMILES string of the molecule is [CH]/C(C)=C/CC1=CC(=O)C(C)=C(C)C1=O. The Labute approximate surface area is 90.4 Å². The van der Waals surface area contributed by atoms with E-state index in [0.29, 0.717) is 28.7 Å². The first-order valence-electron chi connectivity index (χ1n) is 4.82. The summed E-state index contributed by atoms with van der Waals surface area (Å²) in [5.41, 5.74) is 2.26. The molecule has 1 aliphatic carbocycles. The van der Waals surface area contributed by atoms with Crippen LogP contribution in [0.2, 0.25) is 0 Å². The molecule has 1 aliphatic rings. The normalized spacial score (nSPS) is 18.4. The maximum atomic E-state index is 11.7. The molecule has 0 aromatic carbocycles. The molecular weight excluding hydrogens is 188 g/mol. The first kappa shape index (κ1) is 11.6. The minimum atomic E-state index is -0.0785. The molecule has 2 nitrogen and oxygen atoms in total. The number of carbonyl (C=O) groups excluding carboxylic acids is 2. The highest BCUT2D eigenvalue weighted by atomic mass is 16.1. The zero-order chi connectivity index (χ0) is 11.6. The number of Topliss-reactive ketones (excluding diaryl/α,β-unsaturated/α-hetero) is 1. The molecule has 0 unspecified atom stereocenters. The molecule has 0 bridgehead atoms. The minimum absolute atomic E-state index is 0.0513. The molecule has 0 heterocycles. The van der Waals surface area contributed by atoms with E-state index in [-0.39, 0.29) is 11.6 Å². The zero-order valence-electron chi connectivity index (χ0n) is 9.26. The van der Waals surface area contributed by atoms with Crippen LogP contribution in [0.15, 0.2) is 34.4 Å². The summed E-state index contributed by atoms with van der Waals surface area (Å²) in [6.07, 6.45) is 3.58. The van der Waals surface area contributed by atoms with Crippen molar-refractivity contribution < 1.29 is 9.59 Å². The third-order valence-electron chi connectivity index (χ3n) is 2.51. The van der Waals surface area contributed by atoms with Crippen molar-refractivity contribution in [3.63, 3.8) is 0 Å². The summed E-state index contributed by atoms with van der Waals surface area (Å²) in [5.74, 6) is -0.130. The van der Waals surface area contributed by atoms with Crippen LogP contribution in [0, 0.1) is 6.92 Å². The molecule has 2 heteroatoms. The van der Waals surface area contributed by atoms with Gasteiger partial charge in [0.15, 0.2) is 11.6 Å². The average Bonchev–Trinajstić information content (AvgIpc) is 2.18. The predicted molar refractivity (Wildman–Crippen MR) is 59.1 cm³/mol. The number of hydrogen-bond acceptors (Lipinski definition) is 2. The number of rotatable bonds is 2. The Morgan fingerprint density at radius 3 is 2.47 bits per heavy atom. The molecule has 2 radical (unpaired) electrons. The number of ketones is 2. The smallest absolute Gasteiger partial charge is 0.185 e. The van der Waals surface area contributed by atoms with Gasteiger partial charge in [0.1, 0.15) is 0 Å². The van der Waals surface area contributed by atoms with Crippen molar-refractivity contribution in [2.24, 2.45) is 0 Å². The average molecular weight is 202 g/mol. The van der Waals surface area contributed by atoms with Gasteiger partial charge in [-0.15, -0.1) is 0 Å². The maximum absolute atomic E-state index is 11.7. The highest BCUT2D eigenvalue weighted by Gasteiger charge is 2.21. The Hall–Kier alpha value is -1.44. The van der Waals surface area contributed by atoms with E-state index in [2.05, 4.69) is 0 Å². The molecule has 0 atom stereocenters. The van der Waals surface area contributed by atoms with E-state index in [9.17, 15) is 9.59 Å². The summed E-state index contributed by atoms with van der Waals surface area (Å²) in [5, 5.41) is 0. The predicted octanol–water partition coefficient (Wildman–Crippen LogP) is 2.45. The molecule has 0 saturated carbocycles. The molecule has 0 saturated heterocycles. The highest BCUT2D eigenvalue weighted by Crippen LogP contribution is 2.21. The summed E-state index contributed by atoms with van der Waals surface area (Å²) in [4.78, 5) is 23.2. The Morgan fingerprint density at radius 2 is 1.93 bits per heavy atom. The lowest BCUT2D eigenvalue weighted by Crippen LogP contribution is -2.16. The van der Waals surface area contributed by atoms with E-state index in [4.69, 9.17) is 6.92 Å². The minimum Gasteiger partial charge on any atom is -0.290 e. The van der Waals surface area contributed by atoms with Gasteiger partial charge in [0.25, 0.3) is 0 Å². The monoisotopic (exact) mass is 202 g/mol. The van der Waals surface area contributed by atoms with Crippen LogP contribution < -0.4 is 0 Å². The molecule has 1 rings (SSSR count). The first-order valence-corrected chi connectivity index (χ1v) is 4.82. The van der Waals surface area contributed by atoms with Crippen molar-refractivity contribution >= 4 is 11.6 Å². The second kappa shape index (κ2) is 4.39. The summed E-state index contributed by atoms with van der Waals surface area (Å²) in [7, 11) is 0. The summed E-state index contributed by atoms with van der Waals surface area (Å²) >= 11 is 0. The second-order valence-corrected chi connectivity index (χ2v) is 3.77. The van der Waals surface area contributed by atoms with Gasteiger partial charge in [0.05, 0.1) is 0 Å². The summed E-state index contributed by atoms with van der Waals surface area (Å²) in [6, 6.07) is 0. The highest BCUT2D eigenvalue weighted by molar-refractivity contribution is 6.22. The molecule has 0 aliphatic heterocycles. The molecule has 15 heavy (non-hydrogen) atoms. The fourth-order valence-corrected chi connectivity index (χ4v) is 1.35. The van der Waals surface area contributed by atoms with Crippen LogP contribution in [0.1, 0.15) is 27.2 Å².